The van der Waals surface area contributed by atoms with E-state index in [0.29, 0.717) is 5.69 Å². The Morgan fingerprint density at radius 3 is 2.61 bits per heavy atom. The Morgan fingerprint density at radius 2 is 2.00 bits per heavy atom. The van der Waals surface area contributed by atoms with E-state index in [2.05, 4.69) is 4.90 Å². The van der Waals surface area contributed by atoms with E-state index < -0.39 is 5.97 Å². The summed E-state index contributed by atoms with van der Waals surface area (Å²) in [6.45, 7) is 1.59. The van der Waals surface area contributed by atoms with Crippen LogP contribution in [0, 0.1) is 0 Å². The van der Waals surface area contributed by atoms with Crippen molar-refractivity contribution in [1.82, 2.24) is 0 Å². The van der Waals surface area contributed by atoms with Crippen molar-refractivity contribution in [2.24, 2.45) is 0 Å². The van der Waals surface area contributed by atoms with E-state index in [-0.39, 0.29) is 17.8 Å². The zero-order valence-electron chi connectivity index (χ0n) is 10.0. The third kappa shape index (κ3) is 1.90. The largest absolute Gasteiger partial charge is 0.478 e. The van der Waals surface area contributed by atoms with Gasteiger partial charge in [-0.2, -0.15) is 0 Å². The van der Waals surface area contributed by atoms with Crippen LogP contribution in [0.5, 0.6) is 0 Å². The normalized spacial score (nSPS) is 26.3. The molecule has 96 valence electrons. The lowest BCUT2D eigenvalue weighted by molar-refractivity contribution is 0.0305. The standard InChI is InChI=1S/C13H16N2O3/c14-11-4-1-8(13(16)17)5-12(11)15-6-9-2-3-10(7-15)18-9/h1,4-5,9-10H,2-3,6-7,14H2,(H,16,17). The van der Waals surface area contributed by atoms with Crippen LogP contribution >= 0.6 is 0 Å². The van der Waals surface area contributed by atoms with E-state index in [1.54, 1.807) is 12.1 Å². The Balaban J connectivity index is 1.91. The van der Waals surface area contributed by atoms with Crippen molar-refractivity contribution in [2.75, 3.05) is 23.7 Å². The number of rotatable bonds is 2. The number of fused-ring (bicyclic) bond motifs is 2. The summed E-state index contributed by atoms with van der Waals surface area (Å²) in [6.07, 6.45) is 2.69. The van der Waals surface area contributed by atoms with Crippen molar-refractivity contribution >= 4 is 17.3 Å². The number of nitrogen functional groups attached to an aromatic ring is 1. The Kier molecular flexibility index (Phi) is 2.63. The topological polar surface area (TPSA) is 75.8 Å². The van der Waals surface area contributed by atoms with Gasteiger partial charge in [-0.25, -0.2) is 4.79 Å². The fraction of sp³-hybridized carbons (Fsp3) is 0.462. The molecule has 3 N–H and O–H groups in total. The minimum atomic E-state index is -0.924. The summed E-state index contributed by atoms with van der Waals surface area (Å²) in [5.41, 5.74) is 7.67. The molecule has 2 fully saturated rings. The molecule has 0 radical (unpaired) electrons. The van der Waals surface area contributed by atoms with Gasteiger partial charge in [0, 0.05) is 13.1 Å². The smallest absolute Gasteiger partial charge is 0.335 e. The second-order valence-corrected chi connectivity index (χ2v) is 4.94. The summed E-state index contributed by atoms with van der Waals surface area (Å²) in [5.74, 6) is -0.924. The van der Waals surface area contributed by atoms with Crippen LogP contribution in [0.4, 0.5) is 11.4 Å². The molecule has 0 amide bonds. The highest BCUT2D eigenvalue weighted by Crippen LogP contribution is 2.32. The predicted molar refractivity (Wildman–Crippen MR) is 67.9 cm³/mol. The van der Waals surface area contributed by atoms with E-state index >= 15 is 0 Å². The number of carboxylic acid groups (broad SMARTS) is 1. The summed E-state index contributed by atoms with van der Waals surface area (Å²) in [7, 11) is 0. The van der Waals surface area contributed by atoms with E-state index in [4.69, 9.17) is 15.6 Å². The molecule has 5 nitrogen and oxygen atoms in total. The van der Waals surface area contributed by atoms with Gasteiger partial charge >= 0.3 is 5.97 Å². The first-order valence-electron chi connectivity index (χ1n) is 6.16. The fourth-order valence-electron chi connectivity index (χ4n) is 2.76. The number of hydrogen-bond acceptors (Lipinski definition) is 4. The molecular weight excluding hydrogens is 232 g/mol. The van der Waals surface area contributed by atoms with Gasteiger partial charge in [0.05, 0.1) is 29.1 Å². The first-order chi connectivity index (χ1) is 8.63. The zero-order valence-corrected chi connectivity index (χ0v) is 10.0. The van der Waals surface area contributed by atoms with E-state index in [0.717, 1.165) is 31.6 Å². The Labute approximate surface area is 105 Å². The molecule has 18 heavy (non-hydrogen) atoms. The summed E-state index contributed by atoms with van der Waals surface area (Å²) in [4.78, 5) is 13.2. The van der Waals surface area contributed by atoms with Gasteiger partial charge in [0.1, 0.15) is 0 Å². The predicted octanol–water partition coefficient (Wildman–Crippen LogP) is 1.33. The molecule has 2 atom stereocenters. The molecule has 2 heterocycles. The third-order valence-corrected chi connectivity index (χ3v) is 3.66. The van der Waals surface area contributed by atoms with Gasteiger partial charge in [-0.15, -0.1) is 0 Å². The lowest BCUT2D eigenvalue weighted by Gasteiger charge is -2.34. The van der Waals surface area contributed by atoms with Crippen molar-refractivity contribution < 1.29 is 14.6 Å². The number of ether oxygens (including phenoxy) is 1. The minimum absolute atomic E-state index is 0.261. The second-order valence-electron chi connectivity index (χ2n) is 4.94. The van der Waals surface area contributed by atoms with Gasteiger partial charge in [-0.3, -0.25) is 0 Å². The molecule has 2 saturated heterocycles. The molecule has 0 saturated carbocycles. The van der Waals surface area contributed by atoms with Crippen LogP contribution in [0.3, 0.4) is 0 Å². The van der Waals surface area contributed by atoms with Gasteiger partial charge < -0.3 is 20.5 Å². The molecule has 0 aromatic heterocycles. The van der Waals surface area contributed by atoms with E-state index in [1.165, 1.54) is 6.07 Å². The van der Waals surface area contributed by atoms with Crippen molar-refractivity contribution in [3.8, 4) is 0 Å². The quantitative estimate of drug-likeness (QED) is 0.772. The number of nitrogens with zero attached hydrogens (tertiary/aromatic N) is 1. The molecule has 2 unspecified atom stereocenters. The van der Waals surface area contributed by atoms with Crippen LogP contribution < -0.4 is 10.6 Å². The molecule has 3 rings (SSSR count). The molecule has 2 aliphatic heterocycles. The number of carbonyl (C=O) groups is 1. The van der Waals surface area contributed by atoms with Crippen molar-refractivity contribution in [3.63, 3.8) is 0 Å². The fourth-order valence-corrected chi connectivity index (χ4v) is 2.76. The molecule has 0 aliphatic carbocycles. The zero-order chi connectivity index (χ0) is 12.7. The highest BCUT2D eigenvalue weighted by atomic mass is 16.5. The lowest BCUT2D eigenvalue weighted by atomic mass is 10.1. The third-order valence-electron chi connectivity index (χ3n) is 3.66. The van der Waals surface area contributed by atoms with Crippen LogP contribution in [-0.4, -0.2) is 36.4 Å². The number of carboxylic acids is 1. The van der Waals surface area contributed by atoms with Gasteiger partial charge in [0.2, 0.25) is 0 Å². The maximum Gasteiger partial charge on any atom is 0.335 e. The van der Waals surface area contributed by atoms with Crippen molar-refractivity contribution in [2.45, 2.75) is 25.0 Å². The average Bonchev–Trinajstić information content (AvgIpc) is 2.68. The highest BCUT2D eigenvalue weighted by molar-refractivity contribution is 5.90. The molecule has 2 bridgehead atoms. The minimum Gasteiger partial charge on any atom is -0.478 e. The Morgan fingerprint density at radius 1 is 1.33 bits per heavy atom. The van der Waals surface area contributed by atoms with Crippen LogP contribution in [0.1, 0.15) is 23.2 Å². The molecule has 1 aromatic carbocycles. The van der Waals surface area contributed by atoms with Gasteiger partial charge in [-0.1, -0.05) is 0 Å². The number of nitrogens with two attached hydrogens (primary N) is 1. The van der Waals surface area contributed by atoms with E-state index in [9.17, 15) is 4.79 Å². The first kappa shape index (κ1) is 11.3. The summed E-state index contributed by atoms with van der Waals surface area (Å²) in [6, 6.07) is 4.86. The van der Waals surface area contributed by atoms with Crippen molar-refractivity contribution in [1.29, 1.82) is 0 Å². The Bertz CT molecular complexity index is 477. The number of hydrogen-bond donors (Lipinski definition) is 2. The summed E-state index contributed by atoms with van der Waals surface area (Å²) < 4.78 is 5.77. The van der Waals surface area contributed by atoms with Crippen molar-refractivity contribution in [3.05, 3.63) is 23.8 Å². The number of benzene rings is 1. The molecular formula is C13H16N2O3. The first-order valence-corrected chi connectivity index (χ1v) is 6.16. The number of morpholine rings is 1. The highest BCUT2D eigenvalue weighted by Gasteiger charge is 2.34. The lowest BCUT2D eigenvalue weighted by Crippen LogP contribution is -2.43. The van der Waals surface area contributed by atoms with Gasteiger partial charge in [0.15, 0.2) is 0 Å². The number of anilines is 2. The summed E-state index contributed by atoms with van der Waals surface area (Å²) >= 11 is 0. The van der Waals surface area contributed by atoms with Crippen LogP contribution in [0.2, 0.25) is 0 Å². The van der Waals surface area contributed by atoms with E-state index in [1.807, 2.05) is 0 Å². The van der Waals surface area contributed by atoms with Gasteiger partial charge in [-0.05, 0) is 31.0 Å². The second kappa shape index (κ2) is 4.17. The molecule has 2 aliphatic rings. The summed E-state index contributed by atoms with van der Waals surface area (Å²) in [5, 5.41) is 9.03. The Hall–Kier alpha value is -1.75. The SMILES string of the molecule is Nc1ccc(C(=O)O)cc1N1CC2CCC(C1)O2. The maximum atomic E-state index is 11.0. The van der Waals surface area contributed by atoms with Crippen LogP contribution in [-0.2, 0) is 4.74 Å². The average molecular weight is 248 g/mol. The monoisotopic (exact) mass is 248 g/mol. The van der Waals surface area contributed by atoms with Gasteiger partial charge in [0.25, 0.3) is 0 Å². The maximum absolute atomic E-state index is 11.0. The molecule has 5 heteroatoms. The van der Waals surface area contributed by atoms with Crippen LogP contribution in [0.25, 0.3) is 0 Å². The van der Waals surface area contributed by atoms with Crippen LogP contribution in [0.15, 0.2) is 18.2 Å². The molecule has 0 spiro atoms. The molecule has 1 aromatic rings. The number of aromatic carboxylic acids is 1.